The maximum absolute atomic E-state index is 13.4. The second-order valence-corrected chi connectivity index (χ2v) is 8.65. The number of aromatic nitrogens is 2. The summed E-state index contributed by atoms with van der Waals surface area (Å²) in [4.78, 5) is 22.3. The Labute approximate surface area is 176 Å². The van der Waals surface area contributed by atoms with Crippen molar-refractivity contribution >= 4 is 23.2 Å². The van der Waals surface area contributed by atoms with E-state index >= 15 is 0 Å². The summed E-state index contributed by atoms with van der Waals surface area (Å²) >= 11 is 6.26. The molecular formula is C21H29ClN4O3. The van der Waals surface area contributed by atoms with Crippen molar-refractivity contribution in [2.45, 2.75) is 51.5 Å². The van der Waals surface area contributed by atoms with Crippen LogP contribution < -0.4 is 0 Å². The number of halogens is 1. The van der Waals surface area contributed by atoms with Crippen LogP contribution in [0.2, 0.25) is 5.02 Å². The SMILES string of the molecule is C[C@@H]1CN(C(=O)c2nc3ccc(Cl)cn3c2CN(C)C2CCOCC2)C[C@H](C)O1. The molecule has 0 aliphatic carbocycles. The van der Waals surface area contributed by atoms with Crippen LogP contribution in [-0.2, 0) is 16.0 Å². The van der Waals surface area contributed by atoms with Gasteiger partial charge in [0.2, 0.25) is 0 Å². The number of carbonyl (C=O) groups excluding carboxylic acids is 1. The average molecular weight is 421 g/mol. The topological polar surface area (TPSA) is 59.3 Å². The van der Waals surface area contributed by atoms with Crippen molar-refractivity contribution in [2.24, 2.45) is 0 Å². The van der Waals surface area contributed by atoms with E-state index in [1.807, 2.05) is 41.5 Å². The van der Waals surface area contributed by atoms with E-state index in [4.69, 9.17) is 26.1 Å². The summed E-state index contributed by atoms with van der Waals surface area (Å²) in [6.07, 6.45) is 3.87. The molecule has 0 radical (unpaired) electrons. The number of hydrogen-bond donors (Lipinski definition) is 0. The molecule has 29 heavy (non-hydrogen) atoms. The molecule has 2 aliphatic rings. The minimum Gasteiger partial charge on any atom is -0.381 e. The average Bonchev–Trinajstić information content (AvgIpc) is 3.05. The van der Waals surface area contributed by atoms with E-state index in [0.717, 1.165) is 37.4 Å². The Morgan fingerprint density at radius 2 is 1.93 bits per heavy atom. The highest BCUT2D eigenvalue weighted by Gasteiger charge is 2.31. The number of pyridine rings is 1. The van der Waals surface area contributed by atoms with E-state index in [0.29, 0.717) is 36.4 Å². The molecule has 2 fully saturated rings. The van der Waals surface area contributed by atoms with Crippen molar-refractivity contribution in [2.75, 3.05) is 33.4 Å². The van der Waals surface area contributed by atoms with Crippen LogP contribution in [0.5, 0.6) is 0 Å². The first kappa shape index (κ1) is 20.6. The first-order valence-corrected chi connectivity index (χ1v) is 10.7. The minimum absolute atomic E-state index is 0.0162. The van der Waals surface area contributed by atoms with E-state index < -0.39 is 0 Å². The van der Waals surface area contributed by atoms with Gasteiger partial charge in [-0.3, -0.25) is 9.69 Å². The Morgan fingerprint density at radius 3 is 2.62 bits per heavy atom. The maximum Gasteiger partial charge on any atom is 0.274 e. The van der Waals surface area contributed by atoms with Gasteiger partial charge < -0.3 is 18.8 Å². The number of rotatable bonds is 4. The zero-order valence-electron chi connectivity index (χ0n) is 17.3. The first-order valence-electron chi connectivity index (χ1n) is 10.3. The third-order valence-electron chi connectivity index (χ3n) is 5.80. The lowest BCUT2D eigenvalue weighted by Gasteiger charge is -2.35. The van der Waals surface area contributed by atoms with Crippen LogP contribution in [0, 0.1) is 0 Å². The van der Waals surface area contributed by atoms with E-state index in [2.05, 4.69) is 11.9 Å². The number of hydrogen-bond acceptors (Lipinski definition) is 5. The summed E-state index contributed by atoms with van der Waals surface area (Å²) in [5.41, 5.74) is 2.13. The van der Waals surface area contributed by atoms with Crippen LogP contribution in [0.3, 0.4) is 0 Å². The summed E-state index contributed by atoms with van der Waals surface area (Å²) in [5.74, 6) is -0.0396. The summed E-state index contributed by atoms with van der Waals surface area (Å²) in [7, 11) is 2.10. The molecule has 2 aromatic rings. The zero-order valence-corrected chi connectivity index (χ0v) is 18.1. The van der Waals surface area contributed by atoms with Crippen LogP contribution in [0.25, 0.3) is 5.65 Å². The Bertz CT molecular complexity index is 870. The molecule has 0 aromatic carbocycles. The fraction of sp³-hybridized carbons (Fsp3) is 0.619. The van der Waals surface area contributed by atoms with Crippen molar-refractivity contribution in [3.05, 3.63) is 34.7 Å². The molecule has 2 aromatic heterocycles. The molecule has 0 spiro atoms. The predicted molar refractivity (Wildman–Crippen MR) is 111 cm³/mol. The van der Waals surface area contributed by atoms with Gasteiger partial charge in [-0.1, -0.05) is 11.6 Å². The Morgan fingerprint density at radius 1 is 1.24 bits per heavy atom. The number of carbonyl (C=O) groups is 1. The van der Waals surface area contributed by atoms with Crippen molar-refractivity contribution in [1.82, 2.24) is 19.2 Å². The van der Waals surface area contributed by atoms with Crippen LogP contribution in [-0.4, -0.2) is 76.7 Å². The highest BCUT2D eigenvalue weighted by Crippen LogP contribution is 2.23. The van der Waals surface area contributed by atoms with Crippen molar-refractivity contribution < 1.29 is 14.3 Å². The first-order chi connectivity index (χ1) is 13.9. The summed E-state index contributed by atoms with van der Waals surface area (Å²) < 4.78 is 13.2. The van der Waals surface area contributed by atoms with Gasteiger partial charge >= 0.3 is 0 Å². The number of morpholine rings is 1. The molecule has 0 unspecified atom stereocenters. The van der Waals surface area contributed by atoms with E-state index in [1.54, 1.807) is 0 Å². The van der Waals surface area contributed by atoms with Gasteiger partial charge in [0, 0.05) is 45.1 Å². The maximum atomic E-state index is 13.4. The zero-order chi connectivity index (χ0) is 20.5. The molecule has 0 bridgehead atoms. The third-order valence-corrected chi connectivity index (χ3v) is 6.03. The number of imidazole rings is 1. The molecule has 2 aliphatic heterocycles. The fourth-order valence-electron chi connectivity index (χ4n) is 4.37. The Balaban J connectivity index is 1.67. The molecular weight excluding hydrogens is 392 g/mol. The quantitative estimate of drug-likeness (QED) is 0.761. The van der Waals surface area contributed by atoms with Gasteiger partial charge in [0.25, 0.3) is 5.91 Å². The van der Waals surface area contributed by atoms with E-state index in [-0.39, 0.29) is 18.1 Å². The second kappa shape index (κ2) is 8.60. The Hall–Kier alpha value is -1.67. The van der Waals surface area contributed by atoms with Crippen molar-refractivity contribution in [3.63, 3.8) is 0 Å². The highest BCUT2D eigenvalue weighted by atomic mass is 35.5. The van der Waals surface area contributed by atoms with Gasteiger partial charge in [0.15, 0.2) is 5.69 Å². The normalized spacial score (nSPS) is 23.8. The Kier molecular flexibility index (Phi) is 6.11. The molecule has 2 atom stereocenters. The monoisotopic (exact) mass is 420 g/mol. The standard InChI is InChI=1S/C21H29ClN4O3/c1-14-10-25(11-15(2)29-14)21(27)20-18(13-24(3)17-6-8-28-9-7-17)26-12-16(22)4-5-19(26)23-20/h4-5,12,14-15,17H,6-11,13H2,1-3H3/t14-,15+. The molecule has 1 amide bonds. The molecule has 0 saturated carbocycles. The summed E-state index contributed by atoms with van der Waals surface area (Å²) in [6, 6.07) is 4.10. The smallest absolute Gasteiger partial charge is 0.274 e. The van der Waals surface area contributed by atoms with Gasteiger partial charge in [-0.2, -0.15) is 0 Å². The highest BCUT2D eigenvalue weighted by molar-refractivity contribution is 6.30. The summed E-state index contributed by atoms with van der Waals surface area (Å²) in [5, 5.41) is 0.623. The van der Waals surface area contributed by atoms with Crippen molar-refractivity contribution in [1.29, 1.82) is 0 Å². The van der Waals surface area contributed by atoms with Crippen molar-refractivity contribution in [3.8, 4) is 0 Å². The van der Waals surface area contributed by atoms with Crippen LogP contribution >= 0.6 is 11.6 Å². The lowest BCUT2D eigenvalue weighted by Crippen LogP contribution is -2.48. The number of fused-ring (bicyclic) bond motifs is 1. The molecule has 4 rings (SSSR count). The molecule has 0 N–H and O–H groups in total. The van der Waals surface area contributed by atoms with E-state index in [9.17, 15) is 4.79 Å². The number of ether oxygens (including phenoxy) is 2. The van der Waals surface area contributed by atoms with Gasteiger partial charge in [-0.05, 0) is 45.9 Å². The minimum atomic E-state index is -0.0396. The predicted octanol–water partition coefficient (Wildman–Crippen LogP) is 2.85. The van der Waals surface area contributed by atoms with Gasteiger partial charge in [-0.15, -0.1) is 0 Å². The van der Waals surface area contributed by atoms with Gasteiger partial charge in [0.1, 0.15) is 5.65 Å². The number of amides is 1. The lowest BCUT2D eigenvalue weighted by atomic mass is 10.1. The van der Waals surface area contributed by atoms with E-state index in [1.165, 1.54) is 0 Å². The van der Waals surface area contributed by atoms with Crippen LogP contribution in [0.1, 0.15) is 42.9 Å². The molecule has 7 nitrogen and oxygen atoms in total. The molecule has 2 saturated heterocycles. The van der Waals surface area contributed by atoms with Crippen LogP contribution in [0.4, 0.5) is 0 Å². The molecule has 4 heterocycles. The molecule has 8 heteroatoms. The van der Waals surface area contributed by atoms with Gasteiger partial charge in [-0.25, -0.2) is 4.98 Å². The largest absolute Gasteiger partial charge is 0.381 e. The van der Waals surface area contributed by atoms with Crippen LogP contribution in [0.15, 0.2) is 18.3 Å². The summed E-state index contributed by atoms with van der Waals surface area (Å²) in [6.45, 7) is 7.34. The second-order valence-electron chi connectivity index (χ2n) is 8.21. The third kappa shape index (κ3) is 4.43. The lowest BCUT2D eigenvalue weighted by molar-refractivity contribution is -0.0587. The fourth-order valence-corrected chi connectivity index (χ4v) is 4.54. The number of nitrogens with zero attached hydrogens (tertiary/aromatic N) is 4. The molecule has 158 valence electrons. The van der Waals surface area contributed by atoms with Gasteiger partial charge in [0.05, 0.1) is 22.9 Å².